The van der Waals surface area contributed by atoms with Crippen molar-refractivity contribution in [1.82, 2.24) is 9.78 Å². The molecule has 0 saturated heterocycles. The number of fused-ring (bicyclic) bond motifs is 3. The SMILES string of the molecule is COc1cccc([C@]23CC(C#N)C(=O)[C@@H](C)[C@@H]2CCc2cn(C)nc23)c1. The highest BCUT2D eigenvalue weighted by molar-refractivity contribution is 5.87. The van der Waals surface area contributed by atoms with E-state index < -0.39 is 11.3 Å². The molecule has 0 N–H and O–H groups in total. The topological polar surface area (TPSA) is 67.9 Å². The molecule has 0 amide bonds. The van der Waals surface area contributed by atoms with Gasteiger partial charge in [-0.2, -0.15) is 10.4 Å². The van der Waals surface area contributed by atoms with Crippen LogP contribution in [0.4, 0.5) is 0 Å². The largest absolute Gasteiger partial charge is 0.497 e. The highest BCUT2D eigenvalue weighted by Crippen LogP contribution is 2.56. The van der Waals surface area contributed by atoms with Gasteiger partial charge in [-0.15, -0.1) is 0 Å². The van der Waals surface area contributed by atoms with E-state index in [1.165, 1.54) is 5.56 Å². The van der Waals surface area contributed by atoms with Gasteiger partial charge in [-0.3, -0.25) is 9.48 Å². The van der Waals surface area contributed by atoms with Gasteiger partial charge < -0.3 is 4.74 Å². The summed E-state index contributed by atoms with van der Waals surface area (Å²) < 4.78 is 7.32. The fourth-order valence-electron chi connectivity index (χ4n) is 5.17. The van der Waals surface area contributed by atoms with Gasteiger partial charge in [0.2, 0.25) is 0 Å². The molecule has 2 aromatic rings. The van der Waals surface area contributed by atoms with Crippen LogP contribution in [0.1, 0.15) is 36.6 Å². The number of benzene rings is 1. The number of hydrogen-bond acceptors (Lipinski definition) is 4. The number of nitrogens with zero attached hydrogens (tertiary/aromatic N) is 3. The van der Waals surface area contributed by atoms with E-state index in [-0.39, 0.29) is 17.6 Å². The molecule has 0 bridgehead atoms. The molecule has 1 heterocycles. The molecule has 0 aliphatic heterocycles. The van der Waals surface area contributed by atoms with Gasteiger partial charge in [-0.25, -0.2) is 0 Å². The Kier molecular flexibility index (Phi) is 3.87. The lowest BCUT2D eigenvalue weighted by Gasteiger charge is -2.50. The molecule has 5 nitrogen and oxygen atoms in total. The first kappa shape index (κ1) is 16.8. The Bertz CT molecular complexity index is 910. The van der Waals surface area contributed by atoms with Gasteiger partial charge in [0.25, 0.3) is 0 Å². The lowest BCUT2D eigenvalue weighted by molar-refractivity contribution is -0.131. The molecule has 2 aliphatic rings. The van der Waals surface area contributed by atoms with E-state index in [0.29, 0.717) is 6.42 Å². The molecule has 0 spiro atoms. The summed E-state index contributed by atoms with van der Waals surface area (Å²) in [5, 5.41) is 14.5. The number of nitriles is 1. The van der Waals surface area contributed by atoms with Gasteiger partial charge in [-0.1, -0.05) is 19.1 Å². The molecule has 4 rings (SSSR count). The van der Waals surface area contributed by atoms with Crippen LogP contribution in [0.15, 0.2) is 30.5 Å². The zero-order valence-electron chi connectivity index (χ0n) is 15.4. The molecule has 1 aromatic heterocycles. The average Bonchev–Trinajstić information content (AvgIpc) is 3.05. The normalized spacial score (nSPS) is 30.2. The van der Waals surface area contributed by atoms with Gasteiger partial charge in [-0.05, 0) is 48.4 Å². The Morgan fingerprint density at radius 2 is 2.23 bits per heavy atom. The number of carbonyl (C=O) groups excluding carboxylic acids is 1. The number of carbonyl (C=O) groups is 1. The minimum absolute atomic E-state index is 0.0791. The van der Waals surface area contributed by atoms with Crippen LogP contribution in [0, 0.1) is 29.1 Å². The third-order valence-corrected chi connectivity index (χ3v) is 6.35. The van der Waals surface area contributed by atoms with Crippen LogP contribution >= 0.6 is 0 Å². The van der Waals surface area contributed by atoms with E-state index in [4.69, 9.17) is 9.84 Å². The summed E-state index contributed by atoms with van der Waals surface area (Å²) in [4.78, 5) is 12.8. The minimum atomic E-state index is -0.597. The quantitative estimate of drug-likeness (QED) is 0.836. The third kappa shape index (κ3) is 2.21. The van der Waals surface area contributed by atoms with E-state index in [2.05, 4.69) is 18.3 Å². The van der Waals surface area contributed by atoms with Crippen LogP contribution in [0.5, 0.6) is 5.75 Å². The van der Waals surface area contributed by atoms with Crippen LogP contribution in [0.3, 0.4) is 0 Å². The van der Waals surface area contributed by atoms with Crippen molar-refractivity contribution in [1.29, 1.82) is 5.26 Å². The molecule has 0 radical (unpaired) electrons. The second kappa shape index (κ2) is 5.98. The van der Waals surface area contributed by atoms with Gasteiger partial charge >= 0.3 is 0 Å². The molecule has 1 aromatic carbocycles. The summed E-state index contributed by atoms with van der Waals surface area (Å²) >= 11 is 0. The Labute approximate surface area is 153 Å². The van der Waals surface area contributed by atoms with Gasteiger partial charge in [0, 0.05) is 24.6 Å². The Hall–Kier alpha value is -2.61. The van der Waals surface area contributed by atoms with Crippen molar-refractivity contribution in [2.45, 2.75) is 31.6 Å². The summed E-state index contributed by atoms with van der Waals surface area (Å²) in [7, 11) is 3.60. The van der Waals surface area contributed by atoms with Gasteiger partial charge in [0.1, 0.15) is 11.7 Å². The summed E-state index contributed by atoms with van der Waals surface area (Å²) in [5.41, 5.74) is 2.94. The molecular weight excluding hydrogens is 326 g/mol. The lowest BCUT2D eigenvalue weighted by atomic mass is 9.51. The molecule has 26 heavy (non-hydrogen) atoms. The highest BCUT2D eigenvalue weighted by Gasteiger charge is 2.56. The second-order valence-corrected chi connectivity index (χ2v) is 7.60. The molecule has 5 heteroatoms. The number of aryl methyl sites for hydroxylation is 2. The minimum Gasteiger partial charge on any atom is -0.497 e. The van der Waals surface area contributed by atoms with Crippen molar-refractivity contribution >= 4 is 5.78 Å². The first-order valence-corrected chi connectivity index (χ1v) is 9.12. The van der Waals surface area contributed by atoms with Crippen LogP contribution in [-0.2, 0) is 23.7 Å². The maximum atomic E-state index is 12.8. The standard InChI is InChI=1S/C21H23N3O2/c1-13-18-8-7-14-12-24(2)23-20(14)21(18,10-15(11-22)19(13)25)16-5-4-6-17(9-16)26-3/h4-6,9,12-13,15,18H,7-8,10H2,1-3H3/t13-,15?,18-,21+/m0/s1. The van der Waals surface area contributed by atoms with Crippen molar-refractivity contribution < 1.29 is 9.53 Å². The number of rotatable bonds is 2. The second-order valence-electron chi connectivity index (χ2n) is 7.60. The van der Waals surface area contributed by atoms with Crippen LogP contribution in [0.2, 0.25) is 0 Å². The molecule has 1 unspecified atom stereocenters. The number of Topliss-reactive ketones (excluding diaryl/α,β-unsaturated/α-hetero) is 1. The van der Waals surface area contributed by atoms with E-state index in [1.54, 1.807) is 7.11 Å². The summed E-state index contributed by atoms with van der Waals surface area (Å²) in [6, 6.07) is 10.3. The van der Waals surface area contributed by atoms with E-state index in [9.17, 15) is 10.1 Å². The van der Waals surface area contributed by atoms with Crippen LogP contribution in [0.25, 0.3) is 0 Å². The van der Waals surface area contributed by atoms with Crippen molar-refractivity contribution in [3.63, 3.8) is 0 Å². The number of ether oxygens (including phenoxy) is 1. The Morgan fingerprint density at radius 3 is 2.96 bits per heavy atom. The maximum Gasteiger partial charge on any atom is 0.153 e. The first-order chi connectivity index (χ1) is 12.5. The fourth-order valence-corrected chi connectivity index (χ4v) is 5.17. The summed E-state index contributed by atoms with van der Waals surface area (Å²) in [5.74, 6) is 0.261. The van der Waals surface area contributed by atoms with E-state index >= 15 is 0 Å². The monoisotopic (exact) mass is 349 g/mol. The summed E-state index contributed by atoms with van der Waals surface area (Å²) in [6.07, 6.45) is 4.43. The van der Waals surface area contributed by atoms with E-state index in [0.717, 1.165) is 29.8 Å². The van der Waals surface area contributed by atoms with Crippen LogP contribution < -0.4 is 4.74 Å². The predicted octanol–water partition coefficient (Wildman–Crippen LogP) is 3.03. The smallest absolute Gasteiger partial charge is 0.153 e. The molecule has 1 fully saturated rings. The number of aromatic nitrogens is 2. The van der Waals surface area contributed by atoms with Gasteiger partial charge in [0.15, 0.2) is 5.78 Å². The molecule has 134 valence electrons. The number of ketones is 1. The van der Waals surface area contributed by atoms with Crippen molar-refractivity contribution in [3.05, 3.63) is 47.3 Å². The Balaban J connectivity index is 1.99. The van der Waals surface area contributed by atoms with Gasteiger partial charge in [0.05, 0.1) is 18.9 Å². The average molecular weight is 349 g/mol. The van der Waals surface area contributed by atoms with E-state index in [1.807, 2.05) is 36.9 Å². The first-order valence-electron chi connectivity index (χ1n) is 9.12. The molecule has 4 atom stereocenters. The van der Waals surface area contributed by atoms with Crippen molar-refractivity contribution in [2.24, 2.45) is 24.8 Å². The number of methoxy groups -OCH3 is 1. The number of hydrogen-bond donors (Lipinski definition) is 0. The highest BCUT2D eigenvalue weighted by atomic mass is 16.5. The predicted molar refractivity (Wildman–Crippen MR) is 96.7 cm³/mol. The zero-order chi connectivity index (χ0) is 18.5. The molecular formula is C21H23N3O2. The molecule has 1 saturated carbocycles. The lowest BCUT2D eigenvalue weighted by Crippen LogP contribution is -2.52. The Morgan fingerprint density at radius 1 is 1.42 bits per heavy atom. The van der Waals surface area contributed by atoms with Crippen molar-refractivity contribution in [2.75, 3.05) is 7.11 Å². The maximum absolute atomic E-state index is 12.8. The zero-order valence-corrected chi connectivity index (χ0v) is 15.4. The summed E-state index contributed by atoms with van der Waals surface area (Å²) in [6.45, 7) is 1.99. The molecule has 2 aliphatic carbocycles. The van der Waals surface area contributed by atoms with Crippen LogP contribution in [-0.4, -0.2) is 22.7 Å². The fraction of sp³-hybridized carbons (Fsp3) is 0.476. The third-order valence-electron chi connectivity index (χ3n) is 6.35. The van der Waals surface area contributed by atoms with Crippen molar-refractivity contribution in [3.8, 4) is 11.8 Å².